The zero-order chi connectivity index (χ0) is 16.7. The van der Waals surface area contributed by atoms with Gasteiger partial charge in [0.25, 0.3) is 0 Å². The van der Waals surface area contributed by atoms with Gasteiger partial charge in [-0.25, -0.2) is 4.99 Å². The number of piperidine rings is 1. The number of benzene rings is 1. The smallest absolute Gasteiger partial charge is 0.191 e. The van der Waals surface area contributed by atoms with Crippen LogP contribution in [0.1, 0.15) is 37.8 Å². The number of nitrogens with zero attached hydrogens (tertiary/aromatic N) is 3. The van der Waals surface area contributed by atoms with Gasteiger partial charge in [0.15, 0.2) is 5.96 Å². The molecule has 0 amide bonds. The second-order valence-electron chi connectivity index (χ2n) is 6.12. The number of likely N-dealkylation sites (tertiary alicyclic amines) is 1. The summed E-state index contributed by atoms with van der Waals surface area (Å²) in [6, 6.07) is 8.44. The normalized spacial score (nSPS) is 16.7. The third-order valence-electron chi connectivity index (χ3n) is 4.57. The highest BCUT2D eigenvalue weighted by Crippen LogP contribution is 2.17. The number of nitrogens with two attached hydrogens (primary N) is 1. The van der Waals surface area contributed by atoms with Gasteiger partial charge in [0.05, 0.1) is 12.6 Å². The van der Waals surface area contributed by atoms with Crippen molar-refractivity contribution >= 4 is 29.9 Å². The average molecular weight is 446 g/mol. The van der Waals surface area contributed by atoms with Crippen molar-refractivity contribution in [1.82, 2.24) is 9.80 Å². The van der Waals surface area contributed by atoms with Gasteiger partial charge in [-0.2, -0.15) is 0 Å². The zero-order valence-corrected chi connectivity index (χ0v) is 17.1. The summed E-state index contributed by atoms with van der Waals surface area (Å²) in [7, 11) is 0. The van der Waals surface area contributed by atoms with E-state index in [0.717, 1.165) is 45.6 Å². The summed E-state index contributed by atoms with van der Waals surface area (Å²) < 4.78 is 0. The third-order valence-corrected chi connectivity index (χ3v) is 4.57. The Morgan fingerprint density at radius 1 is 1.21 bits per heavy atom. The first-order chi connectivity index (χ1) is 11.1. The van der Waals surface area contributed by atoms with Gasteiger partial charge in [0, 0.05) is 32.7 Å². The van der Waals surface area contributed by atoms with Crippen LogP contribution in [0.3, 0.4) is 0 Å². The third kappa shape index (κ3) is 6.22. The van der Waals surface area contributed by atoms with Crippen molar-refractivity contribution in [2.75, 3.05) is 26.2 Å². The minimum atomic E-state index is -0.125. The van der Waals surface area contributed by atoms with Crippen LogP contribution in [-0.2, 0) is 13.1 Å². The molecule has 0 aromatic heterocycles. The lowest BCUT2D eigenvalue weighted by atomic mass is 10.0. The summed E-state index contributed by atoms with van der Waals surface area (Å²) in [6.07, 6.45) is 1.62. The van der Waals surface area contributed by atoms with E-state index in [1.807, 2.05) is 0 Å². The van der Waals surface area contributed by atoms with Gasteiger partial charge in [0.2, 0.25) is 0 Å². The van der Waals surface area contributed by atoms with E-state index in [1.165, 1.54) is 11.1 Å². The molecule has 2 rings (SSSR count). The number of aliphatic imine (C=N–C) groups is 1. The summed E-state index contributed by atoms with van der Waals surface area (Å²) in [6.45, 7) is 9.39. The maximum Gasteiger partial charge on any atom is 0.191 e. The largest absolute Gasteiger partial charge is 0.393 e. The minimum absolute atomic E-state index is 0. The van der Waals surface area contributed by atoms with E-state index in [-0.39, 0.29) is 30.1 Å². The van der Waals surface area contributed by atoms with E-state index in [9.17, 15) is 5.11 Å². The number of hydrogen-bond donors (Lipinski definition) is 2. The molecule has 1 aliphatic rings. The van der Waals surface area contributed by atoms with Gasteiger partial charge in [-0.05, 0) is 37.8 Å². The van der Waals surface area contributed by atoms with Crippen LogP contribution >= 0.6 is 24.0 Å². The molecular weight excluding hydrogens is 415 g/mol. The van der Waals surface area contributed by atoms with E-state index in [0.29, 0.717) is 12.5 Å². The molecule has 136 valence electrons. The average Bonchev–Trinajstić information content (AvgIpc) is 2.57. The fourth-order valence-electron chi connectivity index (χ4n) is 3.00. The first-order valence-corrected chi connectivity index (χ1v) is 8.66. The van der Waals surface area contributed by atoms with E-state index < -0.39 is 0 Å². The first kappa shape index (κ1) is 21.2. The fourth-order valence-corrected chi connectivity index (χ4v) is 3.00. The van der Waals surface area contributed by atoms with Crippen LogP contribution in [0.4, 0.5) is 0 Å². The molecule has 0 spiro atoms. The van der Waals surface area contributed by atoms with Crippen molar-refractivity contribution < 1.29 is 5.11 Å². The molecule has 0 saturated carbocycles. The van der Waals surface area contributed by atoms with Gasteiger partial charge < -0.3 is 15.7 Å². The van der Waals surface area contributed by atoms with Crippen LogP contribution in [0.15, 0.2) is 29.3 Å². The number of aliphatic hydroxyl groups is 1. The highest BCUT2D eigenvalue weighted by Gasteiger charge is 2.17. The Balaban J connectivity index is 0.00000288. The maximum absolute atomic E-state index is 9.63. The van der Waals surface area contributed by atoms with Crippen molar-refractivity contribution in [3.8, 4) is 0 Å². The first-order valence-electron chi connectivity index (χ1n) is 8.66. The Bertz CT molecular complexity index is 511. The molecule has 1 aromatic carbocycles. The predicted octanol–water partition coefficient (Wildman–Crippen LogP) is 2.42. The maximum atomic E-state index is 9.63. The number of rotatable bonds is 6. The molecule has 0 unspecified atom stereocenters. The van der Waals surface area contributed by atoms with Crippen LogP contribution in [-0.4, -0.2) is 53.1 Å². The molecule has 0 bridgehead atoms. The van der Waals surface area contributed by atoms with E-state index in [2.05, 4.69) is 52.9 Å². The molecule has 5 nitrogen and oxygen atoms in total. The number of aliphatic hydroxyl groups excluding tert-OH is 1. The Morgan fingerprint density at radius 2 is 1.79 bits per heavy atom. The molecule has 0 radical (unpaired) electrons. The predicted molar refractivity (Wildman–Crippen MR) is 111 cm³/mol. The van der Waals surface area contributed by atoms with E-state index >= 15 is 0 Å². The Hall–Kier alpha value is -0.860. The Labute approximate surface area is 162 Å². The van der Waals surface area contributed by atoms with E-state index in [1.54, 1.807) is 0 Å². The summed E-state index contributed by atoms with van der Waals surface area (Å²) in [5, 5.41) is 9.63. The van der Waals surface area contributed by atoms with Gasteiger partial charge >= 0.3 is 0 Å². The van der Waals surface area contributed by atoms with E-state index in [4.69, 9.17) is 5.73 Å². The topological polar surface area (TPSA) is 65.1 Å². The van der Waals surface area contributed by atoms with Crippen molar-refractivity contribution in [3.63, 3.8) is 0 Å². The van der Waals surface area contributed by atoms with Gasteiger partial charge in [-0.15, -0.1) is 24.0 Å². The lowest BCUT2D eigenvalue weighted by molar-refractivity contribution is 0.0791. The van der Waals surface area contributed by atoms with Crippen LogP contribution in [0, 0.1) is 0 Å². The molecule has 0 atom stereocenters. The van der Waals surface area contributed by atoms with Gasteiger partial charge in [0.1, 0.15) is 0 Å². The summed E-state index contributed by atoms with van der Waals surface area (Å²) in [5.74, 6) is 0.617. The summed E-state index contributed by atoms with van der Waals surface area (Å²) >= 11 is 0. The summed E-state index contributed by atoms with van der Waals surface area (Å²) in [4.78, 5) is 9.03. The molecule has 1 heterocycles. The zero-order valence-electron chi connectivity index (χ0n) is 14.8. The number of halogens is 1. The molecule has 1 aromatic rings. The van der Waals surface area contributed by atoms with Crippen LogP contribution in [0.25, 0.3) is 0 Å². The van der Waals surface area contributed by atoms with Crippen molar-refractivity contribution in [3.05, 3.63) is 35.4 Å². The van der Waals surface area contributed by atoms with Crippen LogP contribution < -0.4 is 5.73 Å². The Morgan fingerprint density at radius 3 is 2.38 bits per heavy atom. The lowest BCUT2D eigenvalue weighted by Gasteiger charge is -2.30. The van der Waals surface area contributed by atoms with Crippen molar-refractivity contribution in [2.45, 2.75) is 45.9 Å². The SMILES string of the molecule is CCN(CC)C(N)=NCc1ccccc1CN1CCC(O)CC1.I. The molecule has 6 heteroatoms. The summed E-state index contributed by atoms with van der Waals surface area (Å²) in [5.41, 5.74) is 8.61. The van der Waals surface area contributed by atoms with Crippen LogP contribution in [0.2, 0.25) is 0 Å². The highest BCUT2D eigenvalue weighted by molar-refractivity contribution is 14.0. The molecule has 1 aliphatic heterocycles. The fraction of sp³-hybridized carbons (Fsp3) is 0.611. The molecule has 1 fully saturated rings. The number of guanidine groups is 1. The standard InChI is InChI=1S/C18H30N4O.HI/c1-3-22(4-2)18(19)20-13-15-7-5-6-8-16(15)14-21-11-9-17(23)10-12-21;/h5-8,17,23H,3-4,9-14H2,1-2H3,(H2,19,20);1H. The minimum Gasteiger partial charge on any atom is -0.393 e. The molecule has 0 aliphatic carbocycles. The van der Waals surface area contributed by atoms with Crippen molar-refractivity contribution in [1.29, 1.82) is 0 Å². The second-order valence-corrected chi connectivity index (χ2v) is 6.12. The Kier molecular flexibility index (Phi) is 9.61. The molecule has 24 heavy (non-hydrogen) atoms. The molecule has 1 saturated heterocycles. The molecular formula is C18H31IN4O. The van der Waals surface area contributed by atoms with Gasteiger partial charge in [-0.3, -0.25) is 4.90 Å². The lowest BCUT2D eigenvalue weighted by Crippen LogP contribution is -2.37. The monoisotopic (exact) mass is 446 g/mol. The molecule has 3 N–H and O–H groups in total. The van der Waals surface area contributed by atoms with Crippen molar-refractivity contribution in [2.24, 2.45) is 10.7 Å². The number of hydrogen-bond acceptors (Lipinski definition) is 3. The highest BCUT2D eigenvalue weighted by atomic mass is 127. The van der Waals surface area contributed by atoms with Crippen LogP contribution in [0.5, 0.6) is 0 Å². The quantitative estimate of drug-likeness (QED) is 0.400. The second kappa shape index (κ2) is 10.9. The van der Waals surface area contributed by atoms with Gasteiger partial charge in [-0.1, -0.05) is 24.3 Å².